The highest BCUT2D eigenvalue weighted by atomic mass is 19.4. The molecule has 0 saturated carbocycles. The maximum absolute atomic E-state index is 12.3. The molecule has 0 atom stereocenters. The van der Waals surface area contributed by atoms with Gasteiger partial charge in [0.15, 0.2) is 6.61 Å². The predicted molar refractivity (Wildman–Crippen MR) is 91.6 cm³/mol. The third-order valence-electron chi connectivity index (χ3n) is 3.29. The standard InChI is InChI=1S/C19H18F3NO2/c1-13-3-6-15(7-4-13)8-10-18(24)23-16-9-5-14(2)11-17(16)25-12-19(20,21)22/h3-11H,12H2,1-2H3,(H,23,24). The van der Waals surface area contributed by atoms with Crippen molar-refractivity contribution in [2.45, 2.75) is 20.0 Å². The van der Waals surface area contributed by atoms with Crippen molar-refractivity contribution < 1.29 is 22.7 Å². The van der Waals surface area contributed by atoms with Crippen LogP contribution in [-0.2, 0) is 4.79 Å². The second-order valence-corrected chi connectivity index (χ2v) is 5.64. The lowest BCUT2D eigenvalue weighted by Crippen LogP contribution is -2.20. The van der Waals surface area contributed by atoms with E-state index in [2.05, 4.69) is 5.32 Å². The monoisotopic (exact) mass is 349 g/mol. The Morgan fingerprint density at radius 2 is 1.72 bits per heavy atom. The molecule has 6 heteroatoms. The number of hydrogen-bond donors (Lipinski definition) is 1. The first-order valence-corrected chi connectivity index (χ1v) is 7.59. The topological polar surface area (TPSA) is 38.3 Å². The molecule has 2 aromatic rings. The fourth-order valence-corrected chi connectivity index (χ4v) is 2.04. The molecule has 0 aliphatic carbocycles. The fourth-order valence-electron chi connectivity index (χ4n) is 2.04. The largest absolute Gasteiger partial charge is 0.482 e. The summed E-state index contributed by atoms with van der Waals surface area (Å²) in [7, 11) is 0. The minimum absolute atomic E-state index is 0.0191. The maximum atomic E-state index is 12.3. The van der Waals surface area contributed by atoms with Crippen molar-refractivity contribution in [2.24, 2.45) is 0 Å². The third-order valence-corrected chi connectivity index (χ3v) is 3.29. The van der Waals surface area contributed by atoms with E-state index in [-0.39, 0.29) is 11.4 Å². The van der Waals surface area contributed by atoms with E-state index in [1.807, 2.05) is 31.2 Å². The first kappa shape index (κ1) is 18.6. The zero-order valence-electron chi connectivity index (χ0n) is 13.9. The number of alkyl halides is 3. The first-order valence-electron chi connectivity index (χ1n) is 7.59. The molecular weight excluding hydrogens is 331 g/mol. The number of amides is 1. The van der Waals surface area contributed by atoms with Crippen LogP contribution in [0.25, 0.3) is 6.08 Å². The molecule has 0 spiro atoms. The second kappa shape index (κ2) is 7.88. The van der Waals surface area contributed by atoms with Crippen LogP contribution in [0, 0.1) is 13.8 Å². The smallest absolute Gasteiger partial charge is 0.422 e. The number of ether oxygens (including phenoxy) is 1. The fraction of sp³-hybridized carbons (Fsp3) is 0.211. The number of hydrogen-bond acceptors (Lipinski definition) is 2. The van der Waals surface area contributed by atoms with Crippen molar-refractivity contribution in [3.8, 4) is 5.75 Å². The number of carbonyl (C=O) groups excluding carboxylic acids is 1. The molecule has 25 heavy (non-hydrogen) atoms. The second-order valence-electron chi connectivity index (χ2n) is 5.64. The highest BCUT2D eigenvalue weighted by Crippen LogP contribution is 2.28. The average molecular weight is 349 g/mol. The lowest BCUT2D eigenvalue weighted by molar-refractivity contribution is -0.153. The van der Waals surface area contributed by atoms with Crippen molar-refractivity contribution in [1.29, 1.82) is 0 Å². The number of rotatable bonds is 5. The lowest BCUT2D eigenvalue weighted by Gasteiger charge is -2.14. The zero-order valence-corrected chi connectivity index (χ0v) is 13.9. The van der Waals surface area contributed by atoms with Gasteiger partial charge in [-0.3, -0.25) is 4.79 Å². The lowest BCUT2D eigenvalue weighted by atomic mass is 10.1. The van der Waals surface area contributed by atoms with Gasteiger partial charge in [-0.25, -0.2) is 0 Å². The van der Waals surface area contributed by atoms with Gasteiger partial charge < -0.3 is 10.1 Å². The molecular formula is C19H18F3NO2. The summed E-state index contributed by atoms with van der Waals surface area (Å²) in [6.45, 7) is 2.27. The Bertz CT molecular complexity index is 765. The highest BCUT2D eigenvalue weighted by Gasteiger charge is 2.28. The van der Waals surface area contributed by atoms with Gasteiger partial charge in [-0.05, 0) is 43.2 Å². The van der Waals surface area contributed by atoms with Crippen LogP contribution in [0.2, 0.25) is 0 Å². The first-order chi connectivity index (χ1) is 11.7. The molecule has 0 bridgehead atoms. The summed E-state index contributed by atoms with van der Waals surface area (Å²) >= 11 is 0. The molecule has 0 aromatic heterocycles. The van der Waals surface area contributed by atoms with Gasteiger partial charge >= 0.3 is 6.18 Å². The van der Waals surface area contributed by atoms with Gasteiger partial charge in [0.2, 0.25) is 5.91 Å². The molecule has 0 saturated heterocycles. The average Bonchev–Trinajstić information content (AvgIpc) is 2.54. The van der Waals surface area contributed by atoms with Crippen molar-refractivity contribution in [2.75, 3.05) is 11.9 Å². The van der Waals surface area contributed by atoms with E-state index in [0.717, 1.165) is 16.7 Å². The normalized spacial score (nSPS) is 11.6. The van der Waals surface area contributed by atoms with E-state index >= 15 is 0 Å². The number of anilines is 1. The SMILES string of the molecule is Cc1ccc(C=CC(=O)Nc2ccc(C)cc2OCC(F)(F)F)cc1. The number of halogens is 3. The molecule has 132 valence electrons. The van der Waals surface area contributed by atoms with Crippen LogP contribution in [0.3, 0.4) is 0 Å². The Kier molecular flexibility index (Phi) is 5.85. The Morgan fingerprint density at radius 3 is 2.36 bits per heavy atom. The van der Waals surface area contributed by atoms with Gasteiger partial charge in [0, 0.05) is 6.08 Å². The number of carbonyl (C=O) groups is 1. The van der Waals surface area contributed by atoms with Crippen LogP contribution in [0.15, 0.2) is 48.5 Å². The summed E-state index contributed by atoms with van der Waals surface area (Å²) in [5, 5.41) is 2.54. The number of nitrogens with one attached hydrogen (secondary N) is 1. The Morgan fingerprint density at radius 1 is 1.08 bits per heavy atom. The summed E-state index contributed by atoms with van der Waals surface area (Å²) in [4.78, 5) is 12.0. The Hall–Kier alpha value is -2.76. The molecule has 2 aromatic carbocycles. The molecule has 0 aliphatic rings. The van der Waals surface area contributed by atoms with Crippen molar-refractivity contribution in [3.63, 3.8) is 0 Å². The summed E-state index contributed by atoms with van der Waals surface area (Å²) in [5.74, 6) is -0.476. The van der Waals surface area contributed by atoms with E-state index in [0.29, 0.717) is 0 Å². The molecule has 1 N–H and O–H groups in total. The van der Waals surface area contributed by atoms with Crippen LogP contribution in [0.1, 0.15) is 16.7 Å². The Labute approximate surface area is 144 Å². The van der Waals surface area contributed by atoms with Gasteiger partial charge in [0.05, 0.1) is 5.69 Å². The highest BCUT2D eigenvalue weighted by molar-refractivity contribution is 6.02. The summed E-state index contributed by atoms with van der Waals surface area (Å²) < 4.78 is 41.8. The summed E-state index contributed by atoms with van der Waals surface area (Å²) in [6, 6.07) is 12.2. The van der Waals surface area contributed by atoms with Gasteiger partial charge in [-0.15, -0.1) is 0 Å². The number of benzene rings is 2. The van der Waals surface area contributed by atoms with Gasteiger partial charge in [0.1, 0.15) is 5.75 Å². The molecule has 0 unspecified atom stereocenters. The zero-order chi connectivity index (χ0) is 18.4. The predicted octanol–water partition coefficient (Wildman–Crippen LogP) is 4.90. The quantitative estimate of drug-likeness (QED) is 0.780. The van der Waals surface area contributed by atoms with Crippen molar-refractivity contribution in [1.82, 2.24) is 0 Å². The van der Waals surface area contributed by atoms with E-state index in [9.17, 15) is 18.0 Å². The van der Waals surface area contributed by atoms with Gasteiger partial charge in [0.25, 0.3) is 0 Å². The van der Waals surface area contributed by atoms with E-state index in [1.54, 1.807) is 19.1 Å². The van der Waals surface area contributed by atoms with Gasteiger partial charge in [-0.2, -0.15) is 13.2 Å². The summed E-state index contributed by atoms with van der Waals surface area (Å²) in [6.07, 6.45) is -1.51. The van der Waals surface area contributed by atoms with E-state index in [4.69, 9.17) is 4.74 Å². The number of aryl methyl sites for hydroxylation is 2. The molecule has 0 heterocycles. The van der Waals surface area contributed by atoms with Crippen molar-refractivity contribution >= 4 is 17.7 Å². The Balaban J connectivity index is 2.07. The minimum atomic E-state index is -4.45. The molecule has 0 radical (unpaired) electrons. The summed E-state index contributed by atoms with van der Waals surface area (Å²) in [5.41, 5.74) is 2.87. The van der Waals surface area contributed by atoms with Crippen LogP contribution < -0.4 is 10.1 Å². The van der Waals surface area contributed by atoms with Crippen molar-refractivity contribution in [3.05, 3.63) is 65.2 Å². The molecule has 0 aliphatic heterocycles. The van der Waals surface area contributed by atoms with Crippen LogP contribution in [0.4, 0.5) is 18.9 Å². The van der Waals surface area contributed by atoms with E-state index in [1.165, 1.54) is 18.2 Å². The molecule has 3 nitrogen and oxygen atoms in total. The molecule has 2 rings (SSSR count). The molecule has 1 amide bonds. The third kappa shape index (κ3) is 6.33. The molecule has 0 fully saturated rings. The van der Waals surface area contributed by atoms with E-state index < -0.39 is 18.7 Å². The van der Waals surface area contributed by atoms with Crippen LogP contribution in [-0.4, -0.2) is 18.7 Å². The van der Waals surface area contributed by atoms with Crippen LogP contribution >= 0.6 is 0 Å². The maximum Gasteiger partial charge on any atom is 0.422 e. The van der Waals surface area contributed by atoms with Crippen LogP contribution in [0.5, 0.6) is 5.75 Å². The minimum Gasteiger partial charge on any atom is -0.482 e. The van der Waals surface area contributed by atoms with Gasteiger partial charge in [-0.1, -0.05) is 35.9 Å².